The van der Waals surface area contributed by atoms with Crippen LogP contribution in [0.3, 0.4) is 0 Å². The summed E-state index contributed by atoms with van der Waals surface area (Å²) in [5.74, 6) is -0.623. The summed E-state index contributed by atoms with van der Waals surface area (Å²) >= 11 is 6.45. The second-order valence-corrected chi connectivity index (χ2v) is 11.8. The average Bonchev–Trinajstić information content (AvgIpc) is 3.59. The Kier molecular flexibility index (Phi) is 8.22. The van der Waals surface area contributed by atoms with Gasteiger partial charge in [0.2, 0.25) is 5.28 Å². The Morgan fingerprint density at radius 1 is 0.977 bits per heavy atom. The summed E-state index contributed by atoms with van der Waals surface area (Å²) in [6, 6.07) is 6.26. The smallest absolute Gasteiger partial charge is 0.376 e. The number of imidazole rings is 1. The van der Waals surface area contributed by atoms with Crippen LogP contribution in [-0.2, 0) is 17.5 Å². The van der Waals surface area contributed by atoms with Crippen LogP contribution in [0, 0.1) is 18.6 Å². The van der Waals surface area contributed by atoms with Gasteiger partial charge in [-0.05, 0) is 75.0 Å². The van der Waals surface area contributed by atoms with E-state index in [1.165, 1.54) is 30.3 Å². The van der Waals surface area contributed by atoms with Gasteiger partial charge < -0.3 is 14.2 Å². The van der Waals surface area contributed by atoms with Crippen molar-refractivity contribution in [1.82, 2.24) is 29.4 Å². The molecule has 0 N–H and O–H groups in total. The molecule has 0 amide bonds. The molecule has 234 valence electrons. The Morgan fingerprint density at radius 2 is 1.73 bits per heavy atom. The van der Waals surface area contributed by atoms with Crippen LogP contribution in [0.25, 0.3) is 11.2 Å². The third-order valence-corrected chi connectivity index (χ3v) is 8.56. The summed E-state index contributed by atoms with van der Waals surface area (Å²) in [5, 5.41) is 0.0719. The zero-order valence-corrected chi connectivity index (χ0v) is 25.1. The average molecular weight is 636 g/mol. The minimum absolute atomic E-state index is 0.00815. The molecular weight excluding hydrogens is 605 g/mol. The van der Waals surface area contributed by atoms with Gasteiger partial charge in [-0.15, -0.1) is 0 Å². The number of aryl methyl sites for hydroxylation is 1. The molecule has 5 heterocycles. The van der Waals surface area contributed by atoms with Crippen LogP contribution >= 0.6 is 11.6 Å². The van der Waals surface area contributed by atoms with Crippen molar-refractivity contribution in [2.45, 2.75) is 70.6 Å². The van der Waals surface area contributed by atoms with Crippen molar-refractivity contribution >= 4 is 28.6 Å². The number of ether oxygens (including phenoxy) is 1. The van der Waals surface area contributed by atoms with Gasteiger partial charge >= 0.3 is 6.18 Å². The van der Waals surface area contributed by atoms with E-state index >= 15 is 0 Å². The zero-order valence-electron chi connectivity index (χ0n) is 24.3. The van der Waals surface area contributed by atoms with Crippen molar-refractivity contribution in [3.8, 4) is 0 Å². The molecule has 4 aromatic rings. The van der Waals surface area contributed by atoms with Crippen LogP contribution in [0.4, 0.5) is 27.8 Å². The highest BCUT2D eigenvalue weighted by Gasteiger charge is 2.40. The second kappa shape index (κ2) is 11.8. The Hall–Kier alpha value is -3.42. The van der Waals surface area contributed by atoms with E-state index in [1.807, 2.05) is 30.2 Å². The summed E-state index contributed by atoms with van der Waals surface area (Å²) in [6.07, 6.45) is -2.97. The van der Waals surface area contributed by atoms with Gasteiger partial charge in [0, 0.05) is 31.8 Å². The molecule has 3 aromatic heterocycles. The maximum Gasteiger partial charge on any atom is 0.436 e. The molecule has 8 nitrogen and oxygen atoms in total. The van der Waals surface area contributed by atoms with Crippen LogP contribution in [0.5, 0.6) is 0 Å². The Balaban J connectivity index is 1.36. The molecule has 2 fully saturated rings. The topological polar surface area (TPSA) is 72.2 Å². The van der Waals surface area contributed by atoms with Gasteiger partial charge in [0.05, 0.1) is 24.4 Å². The maximum absolute atomic E-state index is 14.2. The number of benzene rings is 1. The first-order chi connectivity index (χ1) is 20.9. The van der Waals surface area contributed by atoms with Gasteiger partial charge in [0.15, 0.2) is 28.5 Å². The molecule has 0 aliphatic carbocycles. The summed E-state index contributed by atoms with van der Waals surface area (Å²) in [7, 11) is 0. The third kappa shape index (κ3) is 5.84. The summed E-state index contributed by atoms with van der Waals surface area (Å²) in [6.45, 7) is 7.90. The van der Waals surface area contributed by atoms with E-state index in [0.29, 0.717) is 42.2 Å². The standard InChI is InChI=1S/C30H31ClF5N7O/c1-16-14-42(27-24-28(40-29(31)39-27)43(18(3)37-24)15-21-5-4-12-44-21)17(2)13-41(16)25(19-6-8-20(32)9-7-19)23-11-10-22(33)26(38-23)30(34,35)36/h6-11,16-17,21,25H,4-5,12-15H2,1-3H3/t16-,17+,21?,25?/m1/s1. The molecule has 6 rings (SSSR count). The molecule has 2 aliphatic rings. The van der Waals surface area contributed by atoms with Crippen LogP contribution in [-0.4, -0.2) is 67.3 Å². The van der Waals surface area contributed by atoms with E-state index < -0.39 is 29.5 Å². The van der Waals surface area contributed by atoms with Gasteiger partial charge in [-0.2, -0.15) is 23.1 Å². The first-order valence-electron chi connectivity index (χ1n) is 14.4. The van der Waals surface area contributed by atoms with Crippen molar-refractivity contribution in [3.63, 3.8) is 0 Å². The number of pyridine rings is 1. The van der Waals surface area contributed by atoms with Gasteiger partial charge in [-0.1, -0.05) is 12.1 Å². The zero-order chi connectivity index (χ0) is 31.3. The lowest BCUT2D eigenvalue weighted by molar-refractivity contribution is -0.143. The van der Waals surface area contributed by atoms with Gasteiger partial charge in [-0.25, -0.2) is 18.7 Å². The lowest BCUT2D eigenvalue weighted by Gasteiger charge is -2.47. The number of halogens is 6. The predicted octanol–water partition coefficient (Wildman–Crippen LogP) is 6.35. The lowest BCUT2D eigenvalue weighted by Crippen LogP contribution is -2.57. The normalized spacial score (nSPS) is 22.2. The highest BCUT2D eigenvalue weighted by Crippen LogP contribution is 2.38. The van der Waals surface area contributed by atoms with E-state index in [1.54, 1.807) is 0 Å². The molecule has 1 aromatic carbocycles. The van der Waals surface area contributed by atoms with Gasteiger partial charge in [-0.3, -0.25) is 4.90 Å². The fourth-order valence-corrected chi connectivity index (χ4v) is 6.43. The molecule has 44 heavy (non-hydrogen) atoms. The van der Waals surface area contributed by atoms with E-state index in [4.69, 9.17) is 21.3 Å². The maximum atomic E-state index is 14.2. The number of aromatic nitrogens is 5. The molecule has 0 spiro atoms. The SMILES string of the molecule is Cc1nc2c(N3C[C@@H](C)N(C(c4ccc(F)cc4)c4ccc(F)c(C(F)(F)F)n4)C[C@@H]3C)nc(Cl)nc2n1CC1CCCO1. The Labute approximate surface area is 255 Å². The monoisotopic (exact) mass is 635 g/mol. The molecule has 2 aliphatic heterocycles. The Morgan fingerprint density at radius 3 is 2.41 bits per heavy atom. The van der Waals surface area contributed by atoms with E-state index in [2.05, 4.69) is 19.9 Å². The summed E-state index contributed by atoms with van der Waals surface area (Å²) < 4.78 is 76.9. The highest BCUT2D eigenvalue weighted by molar-refractivity contribution is 6.28. The van der Waals surface area contributed by atoms with E-state index in [0.717, 1.165) is 31.3 Å². The van der Waals surface area contributed by atoms with Gasteiger partial charge in [0.25, 0.3) is 0 Å². The van der Waals surface area contributed by atoms with Crippen molar-refractivity contribution in [1.29, 1.82) is 0 Å². The Bertz CT molecular complexity index is 1660. The largest absolute Gasteiger partial charge is 0.436 e. The van der Waals surface area contributed by atoms with Gasteiger partial charge in [0.1, 0.15) is 11.6 Å². The first kappa shape index (κ1) is 30.6. The molecule has 2 unspecified atom stereocenters. The highest BCUT2D eigenvalue weighted by atomic mass is 35.5. The van der Waals surface area contributed by atoms with Crippen LogP contribution < -0.4 is 4.90 Å². The number of fused-ring (bicyclic) bond motifs is 1. The second-order valence-electron chi connectivity index (χ2n) is 11.5. The molecule has 14 heteroatoms. The van der Waals surface area contributed by atoms with E-state index in [-0.39, 0.29) is 29.2 Å². The number of hydrogen-bond donors (Lipinski definition) is 0. The predicted molar refractivity (Wildman–Crippen MR) is 154 cm³/mol. The third-order valence-electron chi connectivity index (χ3n) is 8.39. The first-order valence-corrected chi connectivity index (χ1v) is 14.8. The minimum Gasteiger partial charge on any atom is -0.376 e. The molecular formula is C30H31ClF5N7O. The number of rotatable bonds is 6. The quantitative estimate of drug-likeness (QED) is 0.181. The van der Waals surface area contributed by atoms with Crippen molar-refractivity contribution < 1.29 is 26.7 Å². The molecule has 0 radical (unpaired) electrons. The molecule has 4 atom stereocenters. The lowest BCUT2D eigenvalue weighted by atomic mass is 9.96. The number of piperazine rings is 1. The molecule has 0 bridgehead atoms. The van der Waals surface area contributed by atoms with Crippen molar-refractivity contribution in [3.05, 3.63) is 76.1 Å². The number of anilines is 1. The number of nitrogens with zero attached hydrogens (tertiary/aromatic N) is 7. The van der Waals surface area contributed by atoms with Crippen LogP contribution in [0.15, 0.2) is 36.4 Å². The van der Waals surface area contributed by atoms with Crippen molar-refractivity contribution in [2.24, 2.45) is 0 Å². The fraction of sp³-hybridized carbons (Fsp3) is 0.467. The molecule has 2 saturated heterocycles. The number of alkyl halides is 3. The van der Waals surface area contributed by atoms with Crippen molar-refractivity contribution in [2.75, 3.05) is 24.6 Å². The van der Waals surface area contributed by atoms with Crippen LogP contribution in [0.2, 0.25) is 5.28 Å². The molecule has 0 saturated carbocycles. The minimum atomic E-state index is -4.98. The summed E-state index contributed by atoms with van der Waals surface area (Å²) in [5.41, 5.74) is 0.154. The fourth-order valence-electron chi connectivity index (χ4n) is 6.27. The van der Waals surface area contributed by atoms with Crippen LogP contribution in [0.1, 0.15) is 55.5 Å². The van der Waals surface area contributed by atoms with E-state index in [9.17, 15) is 22.0 Å². The number of hydrogen-bond acceptors (Lipinski definition) is 7. The summed E-state index contributed by atoms with van der Waals surface area (Å²) in [4.78, 5) is 21.7.